The molecule has 1 N–H and O–H groups in total. The van der Waals surface area contributed by atoms with Gasteiger partial charge in [0.2, 0.25) is 5.89 Å². The van der Waals surface area contributed by atoms with Crippen molar-refractivity contribution in [2.45, 2.75) is 50.4 Å². The summed E-state index contributed by atoms with van der Waals surface area (Å²) in [5.74, 6) is 2.82. The van der Waals surface area contributed by atoms with Crippen LogP contribution in [0.2, 0.25) is 0 Å². The Morgan fingerprint density at radius 3 is 2.62 bits per heavy atom. The maximum absolute atomic E-state index is 5.42. The Labute approximate surface area is 95.8 Å². The SMILES string of the molecule is C1CCC(c2noc([C@@H]3CCCNC3)n2)C1. The summed E-state index contributed by atoms with van der Waals surface area (Å²) in [5.41, 5.74) is 0. The summed E-state index contributed by atoms with van der Waals surface area (Å²) in [4.78, 5) is 4.60. The molecule has 1 aromatic heterocycles. The molecular formula is C12H19N3O. The minimum atomic E-state index is 0.441. The minimum absolute atomic E-state index is 0.441. The van der Waals surface area contributed by atoms with E-state index in [0.29, 0.717) is 11.8 Å². The van der Waals surface area contributed by atoms with Gasteiger partial charge in [-0.25, -0.2) is 0 Å². The monoisotopic (exact) mass is 221 g/mol. The minimum Gasteiger partial charge on any atom is -0.339 e. The van der Waals surface area contributed by atoms with Gasteiger partial charge in [0.15, 0.2) is 5.82 Å². The third-order valence-electron chi connectivity index (χ3n) is 3.82. The molecule has 0 radical (unpaired) electrons. The van der Waals surface area contributed by atoms with Gasteiger partial charge in [-0.1, -0.05) is 18.0 Å². The van der Waals surface area contributed by atoms with Crippen LogP contribution in [0.25, 0.3) is 0 Å². The van der Waals surface area contributed by atoms with Gasteiger partial charge in [-0.2, -0.15) is 4.98 Å². The molecule has 1 atom stereocenters. The topological polar surface area (TPSA) is 51.0 Å². The average molecular weight is 221 g/mol. The van der Waals surface area contributed by atoms with Crippen molar-refractivity contribution in [3.63, 3.8) is 0 Å². The van der Waals surface area contributed by atoms with Crippen LogP contribution in [-0.4, -0.2) is 23.2 Å². The maximum Gasteiger partial charge on any atom is 0.231 e. The number of piperidine rings is 1. The standard InChI is InChI=1S/C12H19N3O/c1-2-5-9(4-1)11-14-12(16-15-11)10-6-3-7-13-8-10/h9-10,13H,1-8H2/t10-/m1/s1. The highest BCUT2D eigenvalue weighted by Gasteiger charge is 2.25. The van der Waals surface area contributed by atoms with Crippen LogP contribution in [0.1, 0.15) is 62.1 Å². The van der Waals surface area contributed by atoms with E-state index in [0.717, 1.165) is 24.8 Å². The number of nitrogens with zero attached hydrogens (tertiary/aromatic N) is 2. The quantitative estimate of drug-likeness (QED) is 0.831. The molecule has 4 nitrogen and oxygen atoms in total. The highest BCUT2D eigenvalue weighted by molar-refractivity contribution is 5.02. The lowest BCUT2D eigenvalue weighted by Gasteiger charge is -2.18. The number of rotatable bonds is 2. The van der Waals surface area contributed by atoms with Crippen LogP contribution in [0.5, 0.6) is 0 Å². The molecule has 1 aliphatic carbocycles. The maximum atomic E-state index is 5.42. The molecule has 1 saturated carbocycles. The van der Waals surface area contributed by atoms with Crippen LogP contribution in [0.15, 0.2) is 4.52 Å². The average Bonchev–Trinajstić information content (AvgIpc) is 3.01. The molecule has 0 unspecified atom stereocenters. The first-order valence-corrected chi connectivity index (χ1v) is 6.47. The van der Waals surface area contributed by atoms with Crippen molar-refractivity contribution < 1.29 is 4.52 Å². The number of hydrogen-bond acceptors (Lipinski definition) is 4. The molecular weight excluding hydrogens is 202 g/mol. The van der Waals surface area contributed by atoms with Gasteiger partial charge in [0.1, 0.15) is 0 Å². The van der Waals surface area contributed by atoms with Crippen LogP contribution in [0.3, 0.4) is 0 Å². The van der Waals surface area contributed by atoms with Gasteiger partial charge < -0.3 is 9.84 Å². The number of aromatic nitrogens is 2. The van der Waals surface area contributed by atoms with Gasteiger partial charge in [0.25, 0.3) is 0 Å². The zero-order valence-electron chi connectivity index (χ0n) is 9.61. The molecule has 1 aliphatic heterocycles. The summed E-state index contributed by atoms with van der Waals surface area (Å²) in [5, 5.41) is 7.54. The van der Waals surface area contributed by atoms with E-state index < -0.39 is 0 Å². The van der Waals surface area contributed by atoms with E-state index in [1.807, 2.05) is 0 Å². The molecule has 0 spiro atoms. The van der Waals surface area contributed by atoms with Crippen LogP contribution < -0.4 is 5.32 Å². The summed E-state index contributed by atoms with van der Waals surface area (Å²) >= 11 is 0. The molecule has 2 heterocycles. The largest absolute Gasteiger partial charge is 0.339 e. The fourth-order valence-electron chi connectivity index (χ4n) is 2.83. The molecule has 4 heteroatoms. The lowest BCUT2D eigenvalue weighted by molar-refractivity contribution is 0.319. The van der Waals surface area contributed by atoms with E-state index in [4.69, 9.17) is 4.52 Å². The molecule has 0 aromatic carbocycles. The molecule has 2 aliphatic rings. The fourth-order valence-corrected chi connectivity index (χ4v) is 2.83. The van der Waals surface area contributed by atoms with E-state index in [1.165, 1.54) is 38.5 Å². The van der Waals surface area contributed by atoms with Gasteiger partial charge >= 0.3 is 0 Å². The molecule has 16 heavy (non-hydrogen) atoms. The van der Waals surface area contributed by atoms with Crippen molar-refractivity contribution in [2.24, 2.45) is 0 Å². The molecule has 1 saturated heterocycles. The van der Waals surface area contributed by atoms with E-state index in [2.05, 4.69) is 15.5 Å². The van der Waals surface area contributed by atoms with E-state index in [9.17, 15) is 0 Å². The van der Waals surface area contributed by atoms with E-state index in [1.54, 1.807) is 0 Å². The van der Waals surface area contributed by atoms with Crippen molar-refractivity contribution in [1.82, 2.24) is 15.5 Å². The van der Waals surface area contributed by atoms with Gasteiger partial charge in [-0.15, -0.1) is 0 Å². The second-order valence-corrected chi connectivity index (χ2v) is 5.02. The van der Waals surface area contributed by atoms with Crippen molar-refractivity contribution in [3.8, 4) is 0 Å². The summed E-state index contributed by atoms with van der Waals surface area (Å²) in [6.45, 7) is 2.12. The third-order valence-corrected chi connectivity index (χ3v) is 3.82. The normalized spacial score (nSPS) is 27.4. The Bertz CT molecular complexity index is 338. The lowest BCUT2D eigenvalue weighted by Crippen LogP contribution is -2.28. The fraction of sp³-hybridized carbons (Fsp3) is 0.833. The zero-order valence-corrected chi connectivity index (χ0v) is 9.61. The Morgan fingerprint density at radius 2 is 1.88 bits per heavy atom. The van der Waals surface area contributed by atoms with Gasteiger partial charge in [-0.3, -0.25) is 0 Å². The van der Waals surface area contributed by atoms with Crippen LogP contribution in [0.4, 0.5) is 0 Å². The van der Waals surface area contributed by atoms with Crippen molar-refractivity contribution in [2.75, 3.05) is 13.1 Å². The van der Waals surface area contributed by atoms with E-state index >= 15 is 0 Å². The molecule has 3 rings (SSSR count). The Hall–Kier alpha value is -0.900. The molecule has 0 amide bonds. The van der Waals surface area contributed by atoms with Gasteiger partial charge in [0, 0.05) is 12.5 Å². The predicted octanol–water partition coefficient (Wildman–Crippen LogP) is 2.19. The predicted molar refractivity (Wildman–Crippen MR) is 60.4 cm³/mol. The van der Waals surface area contributed by atoms with Gasteiger partial charge in [0.05, 0.1) is 5.92 Å². The molecule has 1 aromatic rings. The third kappa shape index (κ3) is 1.98. The molecule has 0 bridgehead atoms. The van der Waals surface area contributed by atoms with Crippen LogP contribution in [0, 0.1) is 0 Å². The van der Waals surface area contributed by atoms with Gasteiger partial charge in [-0.05, 0) is 32.2 Å². The van der Waals surface area contributed by atoms with E-state index in [-0.39, 0.29) is 0 Å². The highest BCUT2D eigenvalue weighted by Crippen LogP contribution is 2.33. The second kappa shape index (κ2) is 4.53. The first-order chi connectivity index (χ1) is 7.93. The second-order valence-electron chi connectivity index (χ2n) is 5.02. The Morgan fingerprint density at radius 1 is 1.06 bits per heavy atom. The summed E-state index contributed by atoms with van der Waals surface area (Å²) in [7, 11) is 0. The zero-order chi connectivity index (χ0) is 10.8. The smallest absolute Gasteiger partial charge is 0.231 e. The van der Waals surface area contributed by atoms with Crippen LogP contribution >= 0.6 is 0 Å². The molecule has 2 fully saturated rings. The van der Waals surface area contributed by atoms with Crippen molar-refractivity contribution in [3.05, 3.63) is 11.7 Å². The number of hydrogen-bond donors (Lipinski definition) is 1. The lowest BCUT2D eigenvalue weighted by atomic mass is 10.00. The summed E-state index contributed by atoms with van der Waals surface area (Å²) in [6, 6.07) is 0. The Balaban J connectivity index is 1.71. The van der Waals surface area contributed by atoms with Crippen molar-refractivity contribution in [1.29, 1.82) is 0 Å². The number of nitrogens with one attached hydrogen (secondary N) is 1. The Kier molecular flexibility index (Phi) is 2.91. The highest BCUT2D eigenvalue weighted by atomic mass is 16.5. The van der Waals surface area contributed by atoms with Crippen molar-refractivity contribution >= 4 is 0 Å². The first kappa shape index (κ1) is 10.3. The summed E-state index contributed by atoms with van der Waals surface area (Å²) < 4.78 is 5.42. The molecule has 88 valence electrons. The summed E-state index contributed by atoms with van der Waals surface area (Å²) in [6.07, 6.45) is 7.51. The first-order valence-electron chi connectivity index (χ1n) is 6.47. The van der Waals surface area contributed by atoms with Crippen LogP contribution in [-0.2, 0) is 0 Å².